The van der Waals surface area contributed by atoms with Gasteiger partial charge in [-0.25, -0.2) is 0 Å². The van der Waals surface area contributed by atoms with Crippen molar-refractivity contribution in [2.75, 3.05) is 11.6 Å². The molecule has 0 radical (unpaired) electrons. The largest absolute Gasteiger partial charge is 0.359 e. The van der Waals surface area contributed by atoms with E-state index in [0.29, 0.717) is 23.4 Å². The van der Waals surface area contributed by atoms with Crippen LogP contribution < -0.4 is 10.6 Å². The van der Waals surface area contributed by atoms with E-state index in [-0.39, 0.29) is 29.8 Å². The van der Waals surface area contributed by atoms with E-state index in [4.69, 9.17) is 4.74 Å². The molecule has 1 spiro atoms. The number of ether oxygens (including phenoxy) is 1. The second-order valence-corrected chi connectivity index (χ2v) is 13.8. The first-order valence-corrected chi connectivity index (χ1v) is 16.4. The molecule has 4 fully saturated rings. The highest BCUT2D eigenvalue weighted by atomic mass is 32.2. The van der Waals surface area contributed by atoms with E-state index in [1.165, 1.54) is 6.42 Å². The zero-order chi connectivity index (χ0) is 28.2. The quantitative estimate of drug-likeness (QED) is 0.374. The first kappa shape index (κ1) is 27.8. The van der Waals surface area contributed by atoms with E-state index in [2.05, 4.69) is 31.4 Å². The van der Waals surface area contributed by atoms with Crippen molar-refractivity contribution < 1.29 is 19.1 Å². The number of rotatable bonds is 6. The van der Waals surface area contributed by atoms with E-state index in [0.717, 1.165) is 43.4 Å². The van der Waals surface area contributed by atoms with Crippen LogP contribution in [0.3, 0.4) is 0 Å². The minimum atomic E-state index is -1.12. The highest BCUT2D eigenvalue weighted by molar-refractivity contribution is 7.98. The van der Waals surface area contributed by atoms with Gasteiger partial charge < -0.3 is 20.3 Å². The van der Waals surface area contributed by atoms with E-state index < -0.39 is 29.6 Å². The number of nitrogens with one attached hydrogen (secondary N) is 2. The van der Waals surface area contributed by atoms with Gasteiger partial charge in [0, 0.05) is 22.7 Å². The molecule has 6 rings (SSSR count). The highest BCUT2D eigenvalue weighted by Crippen LogP contribution is 2.56. The zero-order valence-electron chi connectivity index (χ0n) is 24.1. The summed E-state index contributed by atoms with van der Waals surface area (Å²) in [7, 11) is 0. The van der Waals surface area contributed by atoms with Crippen LogP contribution in [-0.4, -0.2) is 58.7 Å². The number of amides is 3. The third kappa shape index (κ3) is 4.50. The Hall–Kier alpha value is -2.32. The molecule has 8 unspecified atom stereocenters. The number of benzene rings is 1. The maximum Gasteiger partial charge on any atom is 0.246 e. The summed E-state index contributed by atoms with van der Waals surface area (Å²) in [4.78, 5) is 45.5. The maximum atomic E-state index is 14.5. The summed E-state index contributed by atoms with van der Waals surface area (Å²) in [6, 6.07) is 7.01. The van der Waals surface area contributed by atoms with Crippen LogP contribution in [0.25, 0.3) is 0 Å². The van der Waals surface area contributed by atoms with Gasteiger partial charge in [-0.2, -0.15) is 0 Å². The van der Waals surface area contributed by atoms with Gasteiger partial charge >= 0.3 is 0 Å². The summed E-state index contributed by atoms with van der Waals surface area (Å²) >= 11 is 1.61. The number of likely N-dealkylation sites (tertiary alicyclic amines) is 1. The number of hydrogen-bond donors (Lipinski definition) is 2. The first-order chi connectivity index (χ1) is 19.2. The Balaban J connectivity index is 1.33. The molecule has 3 heterocycles. The van der Waals surface area contributed by atoms with Gasteiger partial charge in [-0.15, -0.1) is 11.8 Å². The van der Waals surface area contributed by atoms with Crippen molar-refractivity contribution in [2.24, 2.45) is 29.6 Å². The number of hydrogen-bond acceptors (Lipinski definition) is 5. The maximum absolute atomic E-state index is 14.5. The lowest BCUT2D eigenvalue weighted by Crippen LogP contribution is -2.60. The molecule has 1 aromatic rings. The van der Waals surface area contributed by atoms with Crippen molar-refractivity contribution in [3.05, 3.63) is 36.4 Å². The van der Waals surface area contributed by atoms with E-state index in [1.54, 1.807) is 11.8 Å². The molecule has 216 valence electrons. The van der Waals surface area contributed by atoms with Crippen molar-refractivity contribution in [1.82, 2.24) is 10.2 Å². The molecule has 2 N–H and O–H groups in total. The molecule has 1 aromatic carbocycles. The van der Waals surface area contributed by atoms with E-state index >= 15 is 0 Å². The Morgan fingerprint density at radius 3 is 2.58 bits per heavy atom. The number of carbonyl (C=O) groups is 3. The second-order valence-electron chi connectivity index (χ2n) is 12.9. The number of fused-ring (bicyclic) bond motifs is 1. The van der Waals surface area contributed by atoms with Crippen LogP contribution in [0.5, 0.6) is 0 Å². The fraction of sp³-hybridized carbons (Fsp3) is 0.656. The molecule has 2 saturated heterocycles. The Bertz CT molecular complexity index is 1200. The van der Waals surface area contributed by atoms with Crippen molar-refractivity contribution in [3.8, 4) is 0 Å². The minimum Gasteiger partial charge on any atom is -0.359 e. The van der Waals surface area contributed by atoms with Gasteiger partial charge in [0.05, 0.1) is 17.9 Å². The molecule has 8 heteroatoms. The molecule has 3 amide bonds. The summed E-state index contributed by atoms with van der Waals surface area (Å²) in [6.45, 7) is 6.68. The topological polar surface area (TPSA) is 87.7 Å². The summed E-state index contributed by atoms with van der Waals surface area (Å²) in [5.74, 6) is -0.632. The van der Waals surface area contributed by atoms with Crippen LogP contribution >= 0.6 is 11.8 Å². The SMILES string of the molecule is CSc1cccc(NC(=O)C2[C@@H]3C=CC4(O3)C(C(=O)NC3CCCC(C)C3C)N(C3CCCCC3C)C(=O)[C@H]24)c1. The van der Waals surface area contributed by atoms with Gasteiger partial charge in [0.25, 0.3) is 0 Å². The highest BCUT2D eigenvalue weighted by Gasteiger charge is 2.73. The standard InChI is InChI=1S/C32H43N3O4S/c1-18-10-7-13-23(20(18)3)34-30(37)28-32-16-15-25(39-32)26(29(36)33-21-11-8-12-22(17-21)40-4)27(32)31(38)35(28)24-14-6-5-9-19(24)2/h8,11-12,15-20,23-28H,5-7,9-10,13-14H2,1-4H3,(H,33,36)(H,34,37)/t18?,19?,20?,23?,24?,25-,26?,27-,28?,32?/m0/s1. The van der Waals surface area contributed by atoms with Crippen LogP contribution in [0.1, 0.15) is 65.7 Å². The first-order valence-electron chi connectivity index (χ1n) is 15.2. The molecule has 2 bridgehead atoms. The molecule has 40 heavy (non-hydrogen) atoms. The molecule has 2 saturated carbocycles. The Labute approximate surface area is 242 Å². The molecule has 3 aliphatic heterocycles. The van der Waals surface area contributed by atoms with Gasteiger partial charge in [-0.05, 0) is 61.5 Å². The van der Waals surface area contributed by atoms with Gasteiger partial charge in [-0.1, -0.05) is 64.7 Å². The van der Waals surface area contributed by atoms with Gasteiger partial charge in [-0.3, -0.25) is 14.4 Å². The Morgan fingerprint density at radius 1 is 1.02 bits per heavy atom. The molecular formula is C32H43N3O4S. The molecule has 0 aromatic heterocycles. The van der Waals surface area contributed by atoms with E-state index in [1.807, 2.05) is 47.6 Å². The lowest BCUT2D eigenvalue weighted by molar-refractivity contribution is -0.146. The number of nitrogens with zero attached hydrogens (tertiary/aromatic N) is 1. The number of carbonyl (C=O) groups excluding carboxylic acids is 3. The van der Waals surface area contributed by atoms with Crippen LogP contribution in [-0.2, 0) is 19.1 Å². The smallest absolute Gasteiger partial charge is 0.246 e. The van der Waals surface area contributed by atoms with E-state index in [9.17, 15) is 14.4 Å². The van der Waals surface area contributed by atoms with Crippen LogP contribution in [0.15, 0.2) is 41.3 Å². The molecule has 5 aliphatic rings. The Morgan fingerprint density at radius 2 is 1.80 bits per heavy atom. The molecule has 7 nitrogen and oxygen atoms in total. The Kier molecular flexibility index (Phi) is 7.53. The zero-order valence-corrected chi connectivity index (χ0v) is 24.9. The fourth-order valence-electron chi connectivity index (χ4n) is 8.25. The predicted molar refractivity (Wildman–Crippen MR) is 157 cm³/mol. The summed E-state index contributed by atoms with van der Waals surface area (Å²) in [6.07, 6.45) is 12.6. The molecule has 10 atom stereocenters. The number of anilines is 1. The van der Waals surface area contributed by atoms with Gasteiger partial charge in [0.15, 0.2) is 0 Å². The van der Waals surface area contributed by atoms with Crippen molar-refractivity contribution >= 4 is 35.2 Å². The van der Waals surface area contributed by atoms with Crippen molar-refractivity contribution in [3.63, 3.8) is 0 Å². The summed E-state index contributed by atoms with van der Waals surface area (Å²) < 4.78 is 6.60. The lowest BCUT2D eigenvalue weighted by Gasteiger charge is -2.42. The monoisotopic (exact) mass is 565 g/mol. The van der Waals surface area contributed by atoms with Crippen LogP contribution in [0.2, 0.25) is 0 Å². The van der Waals surface area contributed by atoms with Gasteiger partial charge in [0.1, 0.15) is 11.6 Å². The molecule has 2 aliphatic carbocycles. The van der Waals surface area contributed by atoms with Crippen LogP contribution in [0.4, 0.5) is 5.69 Å². The fourth-order valence-corrected chi connectivity index (χ4v) is 8.71. The lowest BCUT2D eigenvalue weighted by atomic mass is 9.73. The average Bonchev–Trinajstić information content (AvgIpc) is 3.59. The predicted octanol–water partition coefficient (Wildman–Crippen LogP) is 5.02. The van der Waals surface area contributed by atoms with Gasteiger partial charge in [0.2, 0.25) is 17.7 Å². The average molecular weight is 566 g/mol. The van der Waals surface area contributed by atoms with Crippen LogP contribution in [0, 0.1) is 29.6 Å². The minimum absolute atomic E-state index is 0.0299. The third-order valence-electron chi connectivity index (χ3n) is 10.7. The second kappa shape index (κ2) is 10.8. The summed E-state index contributed by atoms with van der Waals surface area (Å²) in [5, 5.41) is 6.44. The van der Waals surface area contributed by atoms with Crippen molar-refractivity contribution in [1.29, 1.82) is 0 Å². The van der Waals surface area contributed by atoms with Crippen molar-refractivity contribution in [2.45, 2.75) is 100 Å². The number of thioether (sulfide) groups is 1. The summed E-state index contributed by atoms with van der Waals surface area (Å²) in [5.41, 5.74) is -0.411. The normalized spacial score (nSPS) is 40.2. The molecular weight excluding hydrogens is 522 g/mol. The third-order valence-corrected chi connectivity index (χ3v) is 11.4.